The zero-order valence-corrected chi connectivity index (χ0v) is 15.1. The summed E-state index contributed by atoms with van der Waals surface area (Å²) in [6.45, 7) is 10.5. The molecule has 24 heavy (non-hydrogen) atoms. The molecule has 1 atom stereocenters. The van der Waals surface area contributed by atoms with Crippen molar-refractivity contribution in [3.63, 3.8) is 0 Å². The van der Waals surface area contributed by atoms with Crippen molar-refractivity contribution in [2.24, 2.45) is 0 Å². The molecule has 1 heterocycles. The Morgan fingerprint density at radius 2 is 1.83 bits per heavy atom. The lowest BCUT2D eigenvalue weighted by Gasteiger charge is -2.23. The topological polar surface area (TPSA) is 66.9 Å². The second-order valence-corrected chi connectivity index (χ2v) is 7.01. The van der Waals surface area contributed by atoms with Crippen LogP contribution in [-0.4, -0.2) is 22.1 Å². The van der Waals surface area contributed by atoms with Crippen LogP contribution < -0.4 is 10.6 Å². The van der Waals surface area contributed by atoms with E-state index in [-0.39, 0.29) is 17.4 Å². The number of hydrogen-bond donors (Lipinski definition) is 2. The van der Waals surface area contributed by atoms with Gasteiger partial charge in [0, 0.05) is 11.7 Å². The van der Waals surface area contributed by atoms with Crippen LogP contribution >= 0.6 is 0 Å². The van der Waals surface area contributed by atoms with Crippen molar-refractivity contribution in [3.05, 3.63) is 47.7 Å². The highest BCUT2D eigenvalue weighted by molar-refractivity contribution is 5.92. The fourth-order valence-electron chi connectivity index (χ4n) is 2.30. The molecule has 0 spiro atoms. The smallest absolute Gasteiger partial charge is 0.272 e. The van der Waals surface area contributed by atoms with Crippen LogP contribution in [0.4, 0.5) is 11.5 Å². The summed E-state index contributed by atoms with van der Waals surface area (Å²) in [5, 5.41) is 14.3. The summed E-state index contributed by atoms with van der Waals surface area (Å²) in [4.78, 5) is 12.0. The highest BCUT2D eigenvalue weighted by Crippen LogP contribution is 2.30. The van der Waals surface area contributed by atoms with Crippen molar-refractivity contribution in [2.75, 3.05) is 5.32 Å². The number of aromatic nitrogens is 2. The molecule has 0 aliphatic carbocycles. The molecule has 1 aromatic heterocycles. The monoisotopic (exact) mass is 326 g/mol. The molecule has 2 rings (SSSR count). The third-order valence-corrected chi connectivity index (χ3v) is 3.88. The molecular weight excluding hydrogens is 300 g/mol. The molecule has 2 aromatic rings. The molecule has 0 radical (unpaired) electrons. The molecule has 0 aliphatic rings. The van der Waals surface area contributed by atoms with Gasteiger partial charge in [-0.3, -0.25) is 4.79 Å². The first kappa shape index (κ1) is 17.9. The fourth-order valence-corrected chi connectivity index (χ4v) is 2.30. The SMILES string of the molecule is CCC(C)NC(=O)c1ccc(Nc2ccccc2C(C)(C)C)nn1. The summed E-state index contributed by atoms with van der Waals surface area (Å²) < 4.78 is 0. The van der Waals surface area contributed by atoms with Gasteiger partial charge in [-0.05, 0) is 42.5 Å². The number of anilines is 2. The van der Waals surface area contributed by atoms with E-state index in [9.17, 15) is 4.79 Å². The molecule has 0 saturated carbocycles. The van der Waals surface area contributed by atoms with Gasteiger partial charge in [-0.15, -0.1) is 10.2 Å². The Labute approximate surface area is 143 Å². The third kappa shape index (κ3) is 4.54. The maximum absolute atomic E-state index is 12.0. The first-order valence-electron chi connectivity index (χ1n) is 8.32. The van der Waals surface area contributed by atoms with Gasteiger partial charge in [-0.25, -0.2) is 0 Å². The van der Waals surface area contributed by atoms with E-state index in [0.29, 0.717) is 11.5 Å². The van der Waals surface area contributed by atoms with Crippen LogP contribution in [0.1, 0.15) is 57.1 Å². The van der Waals surface area contributed by atoms with Crippen molar-refractivity contribution in [2.45, 2.75) is 52.5 Å². The highest BCUT2D eigenvalue weighted by atomic mass is 16.2. The van der Waals surface area contributed by atoms with Crippen LogP contribution in [0.25, 0.3) is 0 Å². The van der Waals surface area contributed by atoms with Crippen molar-refractivity contribution in [3.8, 4) is 0 Å². The normalized spacial score (nSPS) is 12.5. The Balaban J connectivity index is 2.14. The quantitative estimate of drug-likeness (QED) is 0.870. The number of nitrogens with zero attached hydrogens (tertiary/aromatic N) is 2. The number of benzene rings is 1. The first-order valence-corrected chi connectivity index (χ1v) is 8.32. The molecule has 1 unspecified atom stereocenters. The summed E-state index contributed by atoms with van der Waals surface area (Å²) in [5.74, 6) is 0.422. The minimum Gasteiger partial charge on any atom is -0.348 e. The minimum atomic E-state index is -0.196. The number of carbonyl (C=O) groups excluding carboxylic acids is 1. The van der Waals surface area contributed by atoms with Gasteiger partial charge in [0.25, 0.3) is 5.91 Å². The first-order chi connectivity index (χ1) is 11.3. The number of para-hydroxylation sites is 1. The van der Waals surface area contributed by atoms with Gasteiger partial charge in [-0.2, -0.15) is 0 Å². The lowest BCUT2D eigenvalue weighted by Crippen LogP contribution is -2.32. The van der Waals surface area contributed by atoms with Gasteiger partial charge in [0.05, 0.1) is 0 Å². The van der Waals surface area contributed by atoms with Crippen LogP contribution in [-0.2, 0) is 5.41 Å². The Morgan fingerprint density at radius 1 is 1.12 bits per heavy atom. The third-order valence-electron chi connectivity index (χ3n) is 3.88. The summed E-state index contributed by atoms with van der Waals surface area (Å²) in [5.41, 5.74) is 2.54. The lowest BCUT2D eigenvalue weighted by molar-refractivity contribution is 0.0933. The average molecular weight is 326 g/mol. The Morgan fingerprint density at radius 3 is 2.42 bits per heavy atom. The molecule has 0 bridgehead atoms. The van der Waals surface area contributed by atoms with E-state index in [4.69, 9.17) is 0 Å². The maximum atomic E-state index is 12.0. The van der Waals surface area contributed by atoms with Crippen LogP contribution in [0.5, 0.6) is 0 Å². The summed E-state index contributed by atoms with van der Waals surface area (Å²) >= 11 is 0. The van der Waals surface area contributed by atoms with E-state index in [1.807, 2.05) is 32.0 Å². The summed E-state index contributed by atoms with van der Waals surface area (Å²) in [6, 6.07) is 11.7. The van der Waals surface area contributed by atoms with E-state index < -0.39 is 0 Å². The molecule has 2 N–H and O–H groups in total. The molecule has 1 aromatic carbocycles. The van der Waals surface area contributed by atoms with E-state index in [0.717, 1.165) is 12.1 Å². The fraction of sp³-hybridized carbons (Fsp3) is 0.421. The number of carbonyl (C=O) groups is 1. The summed E-state index contributed by atoms with van der Waals surface area (Å²) in [7, 11) is 0. The lowest BCUT2D eigenvalue weighted by atomic mass is 9.86. The van der Waals surface area contributed by atoms with E-state index in [2.05, 4.69) is 47.7 Å². The predicted molar refractivity (Wildman–Crippen MR) is 97.7 cm³/mol. The van der Waals surface area contributed by atoms with Crippen molar-refractivity contribution in [1.29, 1.82) is 0 Å². The number of rotatable bonds is 5. The number of nitrogens with one attached hydrogen (secondary N) is 2. The number of hydrogen-bond acceptors (Lipinski definition) is 4. The molecule has 0 saturated heterocycles. The molecule has 5 nitrogen and oxygen atoms in total. The molecule has 0 fully saturated rings. The second kappa shape index (κ2) is 7.43. The Hall–Kier alpha value is -2.43. The van der Waals surface area contributed by atoms with Gasteiger partial charge in [-0.1, -0.05) is 45.9 Å². The minimum absolute atomic E-state index is 0.0210. The van der Waals surface area contributed by atoms with E-state index >= 15 is 0 Å². The van der Waals surface area contributed by atoms with Crippen LogP contribution in [0.2, 0.25) is 0 Å². The van der Waals surface area contributed by atoms with Gasteiger partial charge in [0.15, 0.2) is 11.5 Å². The highest BCUT2D eigenvalue weighted by Gasteiger charge is 2.18. The predicted octanol–water partition coefficient (Wildman–Crippen LogP) is 4.05. The van der Waals surface area contributed by atoms with Crippen LogP contribution in [0.3, 0.4) is 0 Å². The van der Waals surface area contributed by atoms with Crippen molar-refractivity contribution in [1.82, 2.24) is 15.5 Å². The zero-order chi connectivity index (χ0) is 17.7. The Bertz CT molecular complexity index is 689. The Kier molecular flexibility index (Phi) is 5.54. The van der Waals surface area contributed by atoms with Gasteiger partial charge >= 0.3 is 0 Å². The molecule has 1 amide bonds. The number of amides is 1. The molecule has 128 valence electrons. The van der Waals surface area contributed by atoms with Gasteiger partial charge in [0.2, 0.25) is 0 Å². The van der Waals surface area contributed by atoms with Crippen molar-refractivity contribution >= 4 is 17.4 Å². The van der Waals surface area contributed by atoms with Gasteiger partial charge < -0.3 is 10.6 Å². The standard InChI is InChI=1S/C19H26N4O/c1-6-13(2)20-18(24)16-11-12-17(23-22-16)21-15-10-8-7-9-14(15)19(3,4)5/h7-13H,6H2,1-5H3,(H,20,24)(H,21,23). The maximum Gasteiger partial charge on any atom is 0.272 e. The van der Waals surface area contributed by atoms with E-state index in [1.54, 1.807) is 12.1 Å². The van der Waals surface area contributed by atoms with Crippen LogP contribution in [0, 0.1) is 0 Å². The molecular formula is C19H26N4O. The zero-order valence-electron chi connectivity index (χ0n) is 15.1. The molecule has 0 aliphatic heterocycles. The van der Waals surface area contributed by atoms with Gasteiger partial charge in [0.1, 0.15) is 0 Å². The van der Waals surface area contributed by atoms with Crippen LogP contribution in [0.15, 0.2) is 36.4 Å². The van der Waals surface area contributed by atoms with Crippen molar-refractivity contribution < 1.29 is 4.79 Å². The average Bonchev–Trinajstić information content (AvgIpc) is 2.55. The largest absolute Gasteiger partial charge is 0.348 e. The van der Waals surface area contributed by atoms with E-state index in [1.165, 1.54) is 5.56 Å². The second-order valence-electron chi connectivity index (χ2n) is 7.01. The molecule has 5 heteroatoms. The summed E-state index contributed by atoms with van der Waals surface area (Å²) in [6.07, 6.45) is 0.877.